The number of hydrogen-bond donors (Lipinski definition) is 2. The van der Waals surface area contributed by atoms with Gasteiger partial charge in [-0.25, -0.2) is 4.98 Å². The fraction of sp³-hybridized carbons (Fsp3) is 0.733. The van der Waals surface area contributed by atoms with Crippen molar-refractivity contribution in [2.45, 2.75) is 52.0 Å². The average molecular weight is 279 g/mol. The van der Waals surface area contributed by atoms with Gasteiger partial charge in [0.25, 0.3) is 0 Å². The van der Waals surface area contributed by atoms with Gasteiger partial charge in [0.1, 0.15) is 0 Å². The summed E-state index contributed by atoms with van der Waals surface area (Å²) in [6, 6.07) is 2.11. The number of rotatable bonds is 6. The van der Waals surface area contributed by atoms with Crippen molar-refractivity contribution in [3.63, 3.8) is 0 Å². The number of hydrogen-bond acceptors (Lipinski definition) is 5. The van der Waals surface area contributed by atoms with Crippen LogP contribution in [0, 0.1) is 12.8 Å². The Morgan fingerprint density at radius 2 is 2.15 bits per heavy atom. The number of aliphatic hydroxyl groups is 1. The fourth-order valence-corrected chi connectivity index (χ4v) is 2.67. The van der Waals surface area contributed by atoms with E-state index < -0.39 is 0 Å². The first-order valence-electron chi connectivity index (χ1n) is 7.58. The van der Waals surface area contributed by atoms with Crippen molar-refractivity contribution in [1.82, 2.24) is 9.97 Å². The molecular weight excluding hydrogens is 254 g/mol. The van der Waals surface area contributed by atoms with E-state index in [0.717, 1.165) is 25.0 Å². The first kappa shape index (κ1) is 15.0. The molecule has 0 bridgehead atoms. The molecule has 1 aliphatic carbocycles. The van der Waals surface area contributed by atoms with Gasteiger partial charge in [-0.05, 0) is 26.2 Å². The molecule has 0 amide bonds. The number of aromatic nitrogens is 2. The summed E-state index contributed by atoms with van der Waals surface area (Å²) in [5, 5.41) is 12.8. The van der Waals surface area contributed by atoms with E-state index >= 15 is 0 Å². The number of aryl methyl sites for hydroxylation is 1. The van der Waals surface area contributed by atoms with E-state index in [4.69, 9.17) is 4.74 Å². The highest BCUT2D eigenvalue weighted by Crippen LogP contribution is 2.26. The quantitative estimate of drug-likeness (QED) is 0.837. The van der Waals surface area contributed by atoms with Gasteiger partial charge in [0.15, 0.2) is 0 Å². The maximum absolute atomic E-state index is 9.46. The van der Waals surface area contributed by atoms with Crippen LogP contribution in [-0.4, -0.2) is 34.3 Å². The largest absolute Gasteiger partial charge is 0.478 e. The van der Waals surface area contributed by atoms with E-state index in [1.54, 1.807) is 0 Å². The number of aliphatic hydroxyl groups excluding tert-OH is 1. The second kappa shape index (κ2) is 7.43. The van der Waals surface area contributed by atoms with Crippen molar-refractivity contribution in [3.05, 3.63) is 11.8 Å². The highest BCUT2D eigenvalue weighted by Gasteiger charge is 2.25. The van der Waals surface area contributed by atoms with Gasteiger partial charge >= 0.3 is 0 Å². The Labute approximate surface area is 120 Å². The lowest BCUT2D eigenvalue weighted by atomic mass is 9.85. The van der Waals surface area contributed by atoms with Crippen LogP contribution in [0.15, 0.2) is 6.07 Å². The van der Waals surface area contributed by atoms with Crippen LogP contribution in [0.5, 0.6) is 5.88 Å². The summed E-state index contributed by atoms with van der Waals surface area (Å²) >= 11 is 0. The minimum absolute atomic E-state index is 0.225. The van der Waals surface area contributed by atoms with Gasteiger partial charge in [-0.3, -0.25) is 0 Å². The summed E-state index contributed by atoms with van der Waals surface area (Å²) in [6.45, 7) is 4.90. The SMILES string of the molecule is CCCOc1cc(C)nc(NC2CCCCC2CO)n1. The monoisotopic (exact) mass is 279 g/mol. The first-order chi connectivity index (χ1) is 9.72. The molecule has 0 radical (unpaired) electrons. The zero-order valence-corrected chi connectivity index (χ0v) is 12.4. The third-order valence-corrected chi connectivity index (χ3v) is 3.74. The summed E-state index contributed by atoms with van der Waals surface area (Å²) in [7, 11) is 0. The molecule has 112 valence electrons. The molecule has 1 aromatic rings. The maximum Gasteiger partial charge on any atom is 0.226 e. The number of nitrogens with one attached hydrogen (secondary N) is 1. The second-order valence-corrected chi connectivity index (χ2v) is 5.50. The Kier molecular flexibility index (Phi) is 5.59. The zero-order chi connectivity index (χ0) is 14.4. The Morgan fingerprint density at radius 3 is 2.90 bits per heavy atom. The van der Waals surface area contributed by atoms with Gasteiger partial charge in [0.2, 0.25) is 11.8 Å². The minimum atomic E-state index is 0.225. The highest BCUT2D eigenvalue weighted by atomic mass is 16.5. The molecule has 2 rings (SSSR count). The summed E-state index contributed by atoms with van der Waals surface area (Å²) in [5.41, 5.74) is 0.893. The van der Waals surface area contributed by atoms with Crippen molar-refractivity contribution in [1.29, 1.82) is 0 Å². The van der Waals surface area contributed by atoms with Crippen LogP contribution >= 0.6 is 0 Å². The van der Waals surface area contributed by atoms with Crippen LogP contribution in [0.3, 0.4) is 0 Å². The lowest BCUT2D eigenvalue weighted by molar-refractivity contribution is 0.178. The lowest BCUT2D eigenvalue weighted by Crippen LogP contribution is -2.35. The predicted molar refractivity (Wildman–Crippen MR) is 79.0 cm³/mol. The molecule has 0 aromatic carbocycles. The third-order valence-electron chi connectivity index (χ3n) is 3.74. The topological polar surface area (TPSA) is 67.3 Å². The molecule has 5 heteroatoms. The minimum Gasteiger partial charge on any atom is -0.478 e. The molecule has 1 aliphatic rings. The Morgan fingerprint density at radius 1 is 1.35 bits per heavy atom. The Bertz CT molecular complexity index is 426. The number of nitrogens with zero attached hydrogens (tertiary/aromatic N) is 2. The van der Waals surface area contributed by atoms with Crippen LogP contribution < -0.4 is 10.1 Å². The van der Waals surface area contributed by atoms with Crippen molar-refractivity contribution in [2.75, 3.05) is 18.5 Å². The summed E-state index contributed by atoms with van der Waals surface area (Å²) in [6.07, 6.45) is 5.48. The summed E-state index contributed by atoms with van der Waals surface area (Å²) in [4.78, 5) is 8.83. The molecule has 1 aromatic heterocycles. The molecule has 2 unspecified atom stereocenters. The predicted octanol–water partition coefficient (Wildman–Crippen LogP) is 2.54. The molecule has 0 spiro atoms. The van der Waals surface area contributed by atoms with E-state index in [1.807, 2.05) is 13.0 Å². The average Bonchev–Trinajstić information content (AvgIpc) is 2.45. The van der Waals surface area contributed by atoms with Gasteiger partial charge in [0, 0.05) is 30.3 Å². The Hall–Kier alpha value is -1.36. The van der Waals surface area contributed by atoms with E-state index in [0.29, 0.717) is 24.4 Å². The van der Waals surface area contributed by atoms with E-state index in [-0.39, 0.29) is 12.6 Å². The molecular formula is C15H25N3O2. The molecule has 0 aliphatic heterocycles. The van der Waals surface area contributed by atoms with Crippen LogP contribution in [0.2, 0.25) is 0 Å². The van der Waals surface area contributed by atoms with Crippen LogP contribution in [0.25, 0.3) is 0 Å². The maximum atomic E-state index is 9.46. The lowest BCUT2D eigenvalue weighted by Gasteiger charge is -2.30. The van der Waals surface area contributed by atoms with Crippen molar-refractivity contribution < 1.29 is 9.84 Å². The highest BCUT2D eigenvalue weighted by molar-refractivity contribution is 5.32. The van der Waals surface area contributed by atoms with Crippen LogP contribution in [0.4, 0.5) is 5.95 Å². The standard InChI is InChI=1S/C15H25N3O2/c1-3-8-20-14-9-11(2)16-15(18-14)17-13-7-5-4-6-12(13)10-19/h9,12-13,19H,3-8,10H2,1-2H3,(H,16,17,18). The smallest absolute Gasteiger partial charge is 0.226 e. The van der Waals surface area contributed by atoms with E-state index in [9.17, 15) is 5.11 Å². The van der Waals surface area contributed by atoms with E-state index in [1.165, 1.54) is 12.8 Å². The second-order valence-electron chi connectivity index (χ2n) is 5.50. The molecule has 0 saturated heterocycles. The van der Waals surface area contributed by atoms with Gasteiger partial charge in [-0.2, -0.15) is 4.98 Å². The number of ether oxygens (including phenoxy) is 1. The Balaban J connectivity index is 2.05. The van der Waals surface area contributed by atoms with Gasteiger partial charge in [-0.15, -0.1) is 0 Å². The normalized spacial score (nSPS) is 22.6. The van der Waals surface area contributed by atoms with Gasteiger partial charge in [0.05, 0.1) is 6.61 Å². The summed E-state index contributed by atoms with van der Waals surface area (Å²) in [5.74, 6) is 1.53. The third kappa shape index (κ3) is 4.07. The molecule has 1 fully saturated rings. The zero-order valence-electron chi connectivity index (χ0n) is 12.4. The van der Waals surface area contributed by atoms with Crippen LogP contribution in [-0.2, 0) is 0 Å². The molecule has 2 atom stereocenters. The molecule has 5 nitrogen and oxygen atoms in total. The fourth-order valence-electron chi connectivity index (χ4n) is 2.67. The van der Waals surface area contributed by atoms with E-state index in [2.05, 4.69) is 22.2 Å². The molecule has 20 heavy (non-hydrogen) atoms. The van der Waals surface area contributed by atoms with Crippen molar-refractivity contribution in [3.8, 4) is 5.88 Å². The first-order valence-corrected chi connectivity index (χ1v) is 7.58. The van der Waals surface area contributed by atoms with Gasteiger partial charge in [-0.1, -0.05) is 19.8 Å². The van der Waals surface area contributed by atoms with Crippen molar-refractivity contribution >= 4 is 5.95 Å². The van der Waals surface area contributed by atoms with Gasteiger partial charge < -0.3 is 15.2 Å². The molecule has 1 heterocycles. The molecule has 2 N–H and O–H groups in total. The number of anilines is 1. The molecule has 1 saturated carbocycles. The summed E-state index contributed by atoms with van der Waals surface area (Å²) < 4.78 is 5.58. The van der Waals surface area contributed by atoms with Crippen LogP contribution in [0.1, 0.15) is 44.7 Å². The van der Waals surface area contributed by atoms with Crippen molar-refractivity contribution in [2.24, 2.45) is 5.92 Å².